The highest BCUT2D eigenvalue weighted by molar-refractivity contribution is 5.89. The van der Waals surface area contributed by atoms with Crippen LogP contribution in [0.15, 0.2) is 0 Å². The van der Waals surface area contributed by atoms with E-state index in [-0.39, 0.29) is 12.5 Å². The third kappa shape index (κ3) is 3.35. The number of methoxy groups -OCH3 is 1. The molecule has 0 aliphatic heterocycles. The van der Waals surface area contributed by atoms with Crippen LogP contribution in [0.2, 0.25) is 0 Å². The summed E-state index contributed by atoms with van der Waals surface area (Å²) in [6.45, 7) is 5.21. The van der Waals surface area contributed by atoms with Gasteiger partial charge in [0, 0.05) is 6.61 Å². The molecule has 1 rings (SSSR count). The van der Waals surface area contributed by atoms with Crippen molar-refractivity contribution in [3.05, 3.63) is 0 Å². The average Bonchev–Trinajstić information content (AvgIpc) is 2.89. The van der Waals surface area contributed by atoms with Crippen molar-refractivity contribution in [3.8, 4) is 0 Å². The van der Waals surface area contributed by atoms with Crippen LogP contribution in [0.4, 0.5) is 4.79 Å². The minimum atomic E-state index is -1.03. The largest absolute Gasteiger partial charge is 0.467 e. The van der Waals surface area contributed by atoms with Crippen molar-refractivity contribution in [3.63, 3.8) is 0 Å². The van der Waals surface area contributed by atoms with Crippen LogP contribution in [0.1, 0.15) is 33.6 Å². The molecule has 1 aliphatic carbocycles. The minimum absolute atomic E-state index is 0.0284. The summed E-state index contributed by atoms with van der Waals surface area (Å²) < 4.78 is 9.81. The maximum absolute atomic E-state index is 11.7. The first-order chi connectivity index (χ1) is 8.25. The summed E-state index contributed by atoms with van der Waals surface area (Å²) in [6, 6.07) is 0. The smallest absolute Gasteiger partial charge is 0.408 e. The maximum atomic E-state index is 11.7. The van der Waals surface area contributed by atoms with E-state index in [0.29, 0.717) is 12.8 Å². The van der Waals surface area contributed by atoms with Gasteiger partial charge in [0.2, 0.25) is 0 Å². The Morgan fingerprint density at radius 1 is 1.44 bits per heavy atom. The Bertz CT molecular complexity index is 336. The fourth-order valence-corrected chi connectivity index (χ4v) is 1.96. The zero-order valence-electron chi connectivity index (χ0n) is 11.3. The topological polar surface area (TPSA) is 84.9 Å². The number of hydrogen-bond donors (Lipinski definition) is 2. The van der Waals surface area contributed by atoms with E-state index in [9.17, 15) is 9.59 Å². The van der Waals surface area contributed by atoms with Gasteiger partial charge >= 0.3 is 12.1 Å². The normalized spacial score (nSPS) is 26.4. The molecule has 1 amide bonds. The Morgan fingerprint density at radius 3 is 2.50 bits per heavy atom. The number of carbonyl (C=O) groups excluding carboxylic acids is 2. The molecule has 0 aromatic heterocycles. The number of aliphatic hydroxyl groups excluding tert-OH is 1. The van der Waals surface area contributed by atoms with Crippen LogP contribution in [0.5, 0.6) is 0 Å². The van der Waals surface area contributed by atoms with Crippen LogP contribution < -0.4 is 5.32 Å². The van der Waals surface area contributed by atoms with E-state index in [1.807, 2.05) is 0 Å². The van der Waals surface area contributed by atoms with E-state index < -0.39 is 23.2 Å². The Labute approximate surface area is 107 Å². The molecule has 0 aromatic carbocycles. The molecular weight excluding hydrogens is 238 g/mol. The van der Waals surface area contributed by atoms with Gasteiger partial charge in [-0.2, -0.15) is 0 Å². The van der Waals surface area contributed by atoms with Gasteiger partial charge in [0.15, 0.2) is 0 Å². The van der Waals surface area contributed by atoms with Crippen molar-refractivity contribution < 1.29 is 24.2 Å². The molecule has 0 unspecified atom stereocenters. The van der Waals surface area contributed by atoms with Crippen molar-refractivity contribution in [2.24, 2.45) is 5.92 Å². The number of ether oxygens (including phenoxy) is 2. The molecule has 0 bridgehead atoms. The number of amides is 1. The van der Waals surface area contributed by atoms with Crippen LogP contribution in [-0.2, 0) is 14.3 Å². The molecule has 2 atom stereocenters. The van der Waals surface area contributed by atoms with Gasteiger partial charge in [-0.1, -0.05) is 0 Å². The second kappa shape index (κ2) is 5.14. The first-order valence-corrected chi connectivity index (χ1v) is 5.95. The van der Waals surface area contributed by atoms with Crippen molar-refractivity contribution in [1.82, 2.24) is 5.32 Å². The van der Waals surface area contributed by atoms with Crippen molar-refractivity contribution in [1.29, 1.82) is 0 Å². The summed E-state index contributed by atoms with van der Waals surface area (Å²) in [5.41, 5.74) is -1.65. The van der Waals surface area contributed by atoms with E-state index in [0.717, 1.165) is 0 Å². The van der Waals surface area contributed by atoms with Gasteiger partial charge in [0.25, 0.3) is 0 Å². The lowest BCUT2D eigenvalue weighted by molar-refractivity contribution is -0.145. The molecule has 104 valence electrons. The van der Waals surface area contributed by atoms with E-state index in [1.54, 1.807) is 20.8 Å². The minimum Gasteiger partial charge on any atom is -0.467 e. The maximum Gasteiger partial charge on any atom is 0.408 e. The third-order valence-electron chi connectivity index (χ3n) is 2.86. The summed E-state index contributed by atoms with van der Waals surface area (Å²) in [7, 11) is 1.27. The van der Waals surface area contributed by atoms with Gasteiger partial charge < -0.3 is 19.9 Å². The van der Waals surface area contributed by atoms with Crippen molar-refractivity contribution >= 4 is 12.1 Å². The first-order valence-electron chi connectivity index (χ1n) is 5.95. The number of aliphatic hydroxyl groups is 1. The summed E-state index contributed by atoms with van der Waals surface area (Å²) in [4.78, 5) is 23.4. The molecule has 0 spiro atoms. The van der Waals surface area contributed by atoms with Crippen molar-refractivity contribution in [2.75, 3.05) is 13.7 Å². The lowest BCUT2D eigenvalue weighted by atomic mass is 10.1. The Hall–Kier alpha value is -1.30. The summed E-state index contributed by atoms with van der Waals surface area (Å²) >= 11 is 0. The molecule has 1 fully saturated rings. The number of nitrogens with one attached hydrogen (secondary N) is 1. The van der Waals surface area contributed by atoms with Gasteiger partial charge in [-0.15, -0.1) is 0 Å². The monoisotopic (exact) mass is 259 g/mol. The van der Waals surface area contributed by atoms with Gasteiger partial charge in [-0.3, -0.25) is 0 Å². The quantitative estimate of drug-likeness (QED) is 0.730. The molecule has 18 heavy (non-hydrogen) atoms. The predicted molar refractivity (Wildman–Crippen MR) is 63.9 cm³/mol. The fourth-order valence-electron chi connectivity index (χ4n) is 1.96. The number of hydrogen-bond acceptors (Lipinski definition) is 5. The SMILES string of the molecule is COC(=O)[C@@]1(NC(=O)OC(C)(C)C)C[C@H]1CCO. The Morgan fingerprint density at radius 2 is 2.06 bits per heavy atom. The van der Waals surface area contributed by atoms with Crippen LogP contribution >= 0.6 is 0 Å². The average molecular weight is 259 g/mol. The second-order valence-corrected chi connectivity index (χ2v) is 5.50. The van der Waals surface area contributed by atoms with Crippen LogP contribution in [0.25, 0.3) is 0 Å². The van der Waals surface area contributed by atoms with Gasteiger partial charge in [0.1, 0.15) is 11.1 Å². The highest BCUT2D eigenvalue weighted by Crippen LogP contribution is 2.46. The summed E-state index contributed by atoms with van der Waals surface area (Å²) in [5, 5.41) is 11.5. The number of rotatable bonds is 4. The molecular formula is C12H21NO5. The van der Waals surface area contributed by atoms with E-state index in [2.05, 4.69) is 5.32 Å². The highest BCUT2D eigenvalue weighted by Gasteiger charge is 2.62. The standard InChI is InChI=1S/C12H21NO5/c1-11(2,3)18-10(16)13-12(9(15)17-4)7-8(12)5-6-14/h8,14H,5-7H2,1-4H3,(H,13,16)/t8-,12-/m1/s1. The van der Waals surface area contributed by atoms with Gasteiger partial charge in [0.05, 0.1) is 7.11 Å². The van der Waals surface area contributed by atoms with E-state index in [1.165, 1.54) is 7.11 Å². The molecule has 0 heterocycles. The molecule has 0 saturated heterocycles. The zero-order chi connectivity index (χ0) is 14.0. The molecule has 6 nitrogen and oxygen atoms in total. The molecule has 0 radical (unpaired) electrons. The second-order valence-electron chi connectivity index (χ2n) is 5.50. The van der Waals surface area contributed by atoms with Crippen molar-refractivity contribution in [2.45, 2.75) is 44.8 Å². The number of carbonyl (C=O) groups is 2. The Kier molecular flexibility index (Phi) is 4.21. The number of alkyl carbamates (subject to hydrolysis) is 1. The van der Waals surface area contributed by atoms with E-state index >= 15 is 0 Å². The lowest BCUT2D eigenvalue weighted by Gasteiger charge is -2.23. The molecule has 2 N–H and O–H groups in total. The van der Waals surface area contributed by atoms with Crippen LogP contribution in [0, 0.1) is 5.92 Å². The highest BCUT2D eigenvalue weighted by atomic mass is 16.6. The molecule has 0 aromatic rings. The summed E-state index contributed by atoms with van der Waals surface area (Å²) in [5.74, 6) is -0.589. The van der Waals surface area contributed by atoms with Gasteiger partial charge in [-0.25, -0.2) is 9.59 Å². The van der Waals surface area contributed by atoms with Crippen LogP contribution in [-0.4, -0.2) is 42.0 Å². The van der Waals surface area contributed by atoms with Gasteiger partial charge in [-0.05, 0) is 39.5 Å². The Balaban J connectivity index is 2.65. The third-order valence-corrected chi connectivity index (χ3v) is 2.86. The predicted octanol–water partition coefficient (Wildman–Crippen LogP) is 0.825. The van der Waals surface area contributed by atoms with E-state index in [4.69, 9.17) is 14.6 Å². The number of esters is 1. The lowest BCUT2D eigenvalue weighted by Crippen LogP contribution is -2.47. The fraction of sp³-hybridized carbons (Fsp3) is 0.833. The summed E-state index contributed by atoms with van der Waals surface area (Å²) in [6.07, 6.45) is 0.276. The molecule has 1 saturated carbocycles. The zero-order valence-corrected chi connectivity index (χ0v) is 11.3. The molecule has 1 aliphatic rings. The van der Waals surface area contributed by atoms with Crippen LogP contribution in [0.3, 0.4) is 0 Å². The molecule has 6 heteroatoms. The first kappa shape index (κ1) is 14.8.